The minimum atomic E-state index is -0.728. The summed E-state index contributed by atoms with van der Waals surface area (Å²) in [6, 6.07) is -1.42. The highest BCUT2D eigenvalue weighted by atomic mass is 16.6. The summed E-state index contributed by atoms with van der Waals surface area (Å²) in [5.74, 6) is -0.465. The van der Waals surface area contributed by atoms with Gasteiger partial charge in [0, 0.05) is 0 Å². The maximum Gasteiger partial charge on any atom is 0.329 e. The lowest BCUT2D eigenvalue weighted by atomic mass is 10.1. The van der Waals surface area contributed by atoms with Crippen molar-refractivity contribution in [2.45, 2.75) is 51.7 Å². The lowest BCUT2D eigenvalue weighted by Gasteiger charge is -2.24. The number of hydrogen-bond donors (Lipinski definition) is 3. The van der Waals surface area contributed by atoms with E-state index in [-0.39, 0.29) is 0 Å². The van der Waals surface area contributed by atoms with Crippen LogP contribution in [0, 0.1) is 0 Å². The lowest BCUT2D eigenvalue weighted by molar-refractivity contribution is -0.157. The Labute approximate surface area is 102 Å². The molecule has 0 saturated carbocycles. The Morgan fingerprint density at radius 1 is 1.29 bits per heavy atom. The number of unbranched alkanes of at least 4 members (excludes halogenated alkanes) is 1. The van der Waals surface area contributed by atoms with E-state index in [9.17, 15) is 9.59 Å². The number of primary amides is 1. The molecule has 6 nitrogen and oxygen atoms in total. The molecule has 0 rings (SSSR count). The van der Waals surface area contributed by atoms with Gasteiger partial charge in [0.15, 0.2) is 0 Å². The highest BCUT2D eigenvalue weighted by Gasteiger charge is 2.25. The summed E-state index contributed by atoms with van der Waals surface area (Å²) in [5.41, 5.74) is 9.80. The summed E-state index contributed by atoms with van der Waals surface area (Å²) in [6.07, 6.45) is 2.01. The van der Waals surface area contributed by atoms with Crippen molar-refractivity contribution in [2.75, 3.05) is 6.54 Å². The predicted molar refractivity (Wildman–Crippen MR) is 65.3 cm³/mol. The molecule has 0 spiro atoms. The molecule has 0 fully saturated rings. The minimum absolute atomic E-state index is 0.465. The maximum absolute atomic E-state index is 11.8. The first-order valence-corrected chi connectivity index (χ1v) is 5.75. The molecular formula is C11H23N3O3. The molecule has 1 unspecified atom stereocenters. The first-order chi connectivity index (χ1) is 7.76. The van der Waals surface area contributed by atoms with Crippen LogP contribution in [0.1, 0.15) is 40.0 Å². The van der Waals surface area contributed by atoms with Crippen molar-refractivity contribution < 1.29 is 14.3 Å². The average molecular weight is 245 g/mol. The fourth-order valence-corrected chi connectivity index (χ4v) is 1.29. The number of nitrogens with two attached hydrogens (primary N) is 2. The van der Waals surface area contributed by atoms with Crippen molar-refractivity contribution in [3.63, 3.8) is 0 Å². The molecule has 0 aliphatic carbocycles. The van der Waals surface area contributed by atoms with E-state index in [1.165, 1.54) is 0 Å². The van der Waals surface area contributed by atoms with Crippen LogP contribution < -0.4 is 16.8 Å². The number of nitrogens with one attached hydrogen (secondary N) is 1. The first kappa shape index (κ1) is 15.7. The smallest absolute Gasteiger partial charge is 0.329 e. The van der Waals surface area contributed by atoms with Gasteiger partial charge in [0.05, 0.1) is 0 Å². The number of hydrogen-bond acceptors (Lipinski definition) is 4. The molecule has 0 heterocycles. The molecule has 5 N–H and O–H groups in total. The van der Waals surface area contributed by atoms with Gasteiger partial charge in [0.25, 0.3) is 0 Å². The molecule has 0 radical (unpaired) electrons. The molecule has 0 aromatic heterocycles. The molecule has 17 heavy (non-hydrogen) atoms. The summed E-state index contributed by atoms with van der Waals surface area (Å²) in [5, 5.41) is 2.38. The second-order valence-electron chi connectivity index (χ2n) is 4.88. The second kappa shape index (κ2) is 7.11. The molecule has 0 aromatic rings. The third kappa shape index (κ3) is 8.50. The molecule has 2 amide bonds. The molecular weight excluding hydrogens is 222 g/mol. The van der Waals surface area contributed by atoms with Gasteiger partial charge in [0.1, 0.15) is 11.6 Å². The SMILES string of the molecule is CC(C)(C)OC(=O)C(CCCCN)NC(N)=O. The third-order valence-corrected chi connectivity index (χ3v) is 1.95. The predicted octanol–water partition coefficient (Wildman–Crippen LogP) is 0.494. The van der Waals surface area contributed by atoms with Crippen LogP contribution in [0.3, 0.4) is 0 Å². The summed E-state index contributed by atoms with van der Waals surface area (Å²) in [7, 11) is 0. The van der Waals surface area contributed by atoms with Crippen LogP contribution in [0.4, 0.5) is 4.79 Å². The van der Waals surface area contributed by atoms with Gasteiger partial charge in [-0.15, -0.1) is 0 Å². The standard InChI is InChI=1S/C11H23N3O3/c1-11(2,3)17-9(15)8(14-10(13)16)6-4-5-7-12/h8H,4-7,12H2,1-3H3,(H3,13,14,16). The molecule has 0 bridgehead atoms. The van der Waals surface area contributed by atoms with Crippen molar-refractivity contribution in [1.29, 1.82) is 0 Å². The van der Waals surface area contributed by atoms with E-state index in [1.54, 1.807) is 20.8 Å². The van der Waals surface area contributed by atoms with Gasteiger partial charge in [-0.2, -0.15) is 0 Å². The normalized spacial score (nSPS) is 12.9. The molecule has 0 saturated heterocycles. The topological polar surface area (TPSA) is 107 Å². The highest BCUT2D eigenvalue weighted by molar-refractivity contribution is 5.82. The number of carbonyl (C=O) groups excluding carboxylic acids is 2. The molecule has 6 heteroatoms. The van der Waals surface area contributed by atoms with Crippen LogP contribution >= 0.6 is 0 Å². The van der Waals surface area contributed by atoms with Crippen LogP contribution in [0.5, 0.6) is 0 Å². The van der Waals surface area contributed by atoms with Crippen LogP contribution in [-0.2, 0) is 9.53 Å². The zero-order chi connectivity index (χ0) is 13.5. The number of rotatable bonds is 6. The van der Waals surface area contributed by atoms with E-state index in [1.807, 2.05) is 0 Å². The van der Waals surface area contributed by atoms with Gasteiger partial charge in [-0.25, -0.2) is 9.59 Å². The number of amides is 2. The Hall–Kier alpha value is -1.30. The van der Waals surface area contributed by atoms with Crippen LogP contribution in [0.25, 0.3) is 0 Å². The zero-order valence-corrected chi connectivity index (χ0v) is 10.8. The van der Waals surface area contributed by atoms with Crippen molar-refractivity contribution >= 4 is 12.0 Å². The molecule has 1 atom stereocenters. The van der Waals surface area contributed by atoms with Crippen molar-refractivity contribution in [3.05, 3.63) is 0 Å². The van der Waals surface area contributed by atoms with Crippen molar-refractivity contribution in [3.8, 4) is 0 Å². The van der Waals surface area contributed by atoms with Crippen molar-refractivity contribution in [1.82, 2.24) is 5.32 Å². The Morgan fingerprint density at radius 3 is 2.29 bits per heavy atom. The maximum atomic E-state index is 11.8. The summed E-state index contributed by atoms with van der Waals surface area (Å²) >= 11 is 0. The van der Waals surface area contributed by atoms with Gasteiger partial charge in [-0.1, -0.05) is 0 Å². The number of carbonyl (C=O) groups is 2. The average Bonchev–Trinajstić information content (AvgIpc) is 2.13. The van der Waals surface area contributed by atoms with Gasteiger partial charge in [-0.3, -0.25) is 0 Å². The summed E-state index contributed by atoms with van der Waals surface area (Å²) in [4.78, 5) is 22.6. The van der Waals surface area contributed by atoms with Crippen LogP contribution in [0.15, 0.2) is 0 Å². The summed E-state index contributed by atoms with van der Waals surface area (Å²) in [6.45, 7) is 5.86. The fraction of sp³-hybridized carbons (Fsp3) is 0.818. The Morgan fingerprint density at radius 2 is 1.88 bits per heavy atom. The highest BCUT2D eigenvalue weighted by Crippen LogP contribution is 2.11. The van der Waals surface area contributed by atoms with Crippen LogP contribution in [0.2, 0.25) is 0 Å². The van der Waals surface area contributed by atoms with Gasteiger partial charge in [0.2, 0.25) is 0 Å². The van der Waals surface area contributed by atoms with E-state index in [2.05, 4.69) is 5.32 Å². The lowest BCUT2D eigenvalue weighted by Crippen LogP contribution is -2.46. The van der Waals surface area contributed by atoms with E-state index in [4.69, 9.17) is 16.2 Å². The van der Waals surface area contributed by atoms with E-state index >= 15 is 0 Å². The first-order valence-electron chi connectivity index (χ1n) is 5.75. The van der Waals surface area contributed by atoms with Crippen LogP contribution in [-0.4, -0.2) is 30.2 Å². The molecule has 0 aliphatic heterocycles. The Bertz CT molecular complexity index is 261. The Kier molecular flexibility index (Phi) is 6.57. The van der Waals surface area contributed by atoms with Crippen molar-refractivity contribution in [2.24, 2.45) is 11.5 Å². The molecule has 100 valence electrons. The fourth-order valence-electron chi connectivity index (χ4n) is 1.29. The summed E-state index contributed by atoms with van der Waals surface area (Å²) < 4.78 is 5.19. The van der Waals surface area contributed by atoms with E-state index < -0.39 is 23.6 Å². The van der Waals surface area contributed by atoms with E-state index in [0.717, 1.165) is 12.8 Å². The molecule has 0 aromatic carbocycles. The second-order valence-corrected chi connectivity index (χ2v) is 4.88. The quantitative estimate of drug-likeness (QED) is 0.467. The van der Waals surface area contributed by atoms with Gasteiger partial charge >= 0.3 is 12.0 Å². The monoisotopic (exact) mass is 245 g/mol. The number of urea groups is 1. The number of esters is 1. The Balaban J connectivity index is 4.34. The largest absolute Gasteiger partial charge is 0.458 e. The minimum Gasteiger partial charge on any atom is -0.458 e. The van der Waals surface area contributed by atoms with Gasteiger partial charge < -0.3 is 21.5 Å². The van der Waals surface area contributed by atoms with E-state index in [0.29, 0.717) is 13.0 Å². The molecule has 0 aliphatic rings. The zero-order valence-electron chi connectivity index (χ0n) is 10.8. The number of ether oxygens (including phenoxy) is 1. The van der Waals surface area contributed by atoms with Gasteiger partial charge in [-0.05, 0) is 46.6 Å². The third-order valence-electron chi connectivity index (χ3n) is 1.95.